The van der Waals surface area contributed by atoms with Crippen molar-refractivity contribution in [2.45, 2.75) is 19.8 Å². The first kappa shape index (κ1) is 19.4. The molecule has 0 bridgehead atoms. The summed E-state index contributed by atoms with van der Waals surface area (Å²) in [6, 6.07) is 21.8. The number of hydrogen-bond donors (Lipinski definition) is 0. The van der Waals surface area contributed by atoms with Gasteiger partial charge in [0.25, 0.3) is 0 Å². The van der Waals surface area contributed by atoms with Crippen LogP contribution in [0.15, 0.2) is 72.8 Å². The van der Waals surface area contributed by atoms with Crippen molar-refractivity contribution in [3.63, 3.8) is 0 Å². The van der Waals surface area contributed by atoms with Gasteiger partial charge in [0.1, 0.15) is 11.5 Å². The fraction of sp³-hybridized carbons (Fsp3) is 0.167. The molecule has 142 valence electrons. The summed E-state index contributed by atoms with van der Waals surface area (Å²) in [4.78, 5) is 24.7. The Morgan fingerprint density at radius 3 is 2.21 bits per heavy atom. The Hall–Kier alpha value is -3.40. The molecule has 0 saturated carbocycles. The van der Waals surface area contributed by atoms with Crippen molar-refractivity contribution in [1.82, 2.24) is 0 Å². The van der Waals surface area contributed by atoms with Crippen LogP contribution in [0.1, 0.15) is 33.5 Å². The van der Waals surface area contributed by atoms with Crippen molar-refractivity contribution in [2.24, 2.45) is 0 Å². The molecule has 0 aliphatic carbocycles. The molecule has 4 nitrogen and oxygen atoms in total. The molecule has 0 amide bonds. The molecule has 0 spiro atoms. The van der Waals surface area contributed by atoms with Gasteiger partial charge in [0.05, 0.1) is 7.11 Å². The zero-order chi connectivity index (χ0) is 19.9. The van der Waals surface area contributed by atoms with Crippen molar-refractivity contribution >= 4 is 11.8 Å². The summed E-state index contributed by atoms with van der Waals surface area (Å²) >= 11 is 0. The van der Waals surface area contributed by atoms with E-state index in [-0.39, 0.29) is 18.2 Å². The minimum Gasteiger partial charge on any atom is -0.497 e. The first-order valence-electron chi connectivity index (χ1n) is 9.11. The van der Waals surface area contributed by atoms with Gasteiger partial charge in [-0.1, -0.05) is 42.5 Å². The number of carbonyl (C=O) groups excluding carboxylic acids is 2. The molecule has 0 aliphatic rings. The van der Waals surface area contributed by atoms with Gasteiger partial charge in [0, 0.05) is 17.5 Å². The first-order chi connectivity index (χ1) is 13.6. The maximum atomic E-state index is 12.5. The second kappa shape index (κ2) is 9.00. The van der Waals surface area contributed by atoms with Crippen LogP contribution < -0.4 is 9.47 Å². The van der Waals surface area contributed by atoms with E-state index in [4.69, 9.17) is 9.47 Å². The van der Waals surface area contributed by atoms with Gasteiger partial charge in [0.15, 0.2) is 5.78 Å². The summed E-state index contributed by atoms with van der Waals surface area (Å²) in [5.41, 5.74) is 2.99. The average Bonchev–Trinajstić information content (AvgIpc) is 2.74. The minimum atomic E-state index is -0.305. The highest BCUT2D eigenvalue weighted by Crippen LogP contribution is 2.22. The largest absolute Gasteiger partial charge is 0.497 e. The maximum absolute atomic E-state index is 12.5. The monoisotopic (exact) mass is 374 g/mol. The Morgan fingerprint density at radius 2 is 1.57 bits per heavy atom. The number of rotatable bonds is 7. The molecule has 0 heterocycles. The van der Waals surface area contributed by atoms with Crippen molar-refractivity contribution in [2.75, 3.05) is 7.11 Å². The van der Waals surface area contributed by atoms with Crippen LogP contribution in [0.25, 0.3) is 0 Å². The predicted molar refractivity (Wildman–Crippen MR) is 108 cm³/mol. The molecule has 0 radical (unpaired) electrons. The minimum absolute atomic E-state index is 0.0546. The predicted octanol–water partition coefficient (Wildman–Crippen LogP) is 4.77. The highest BCUT2D eigenvalue weighted by atomic mass is 16.5. The number of benzene rings is 3. The maximum Gasteiger partial charge on any atom is 0.311 e. The standard InChI is InChI=1S/C24H22O4/c1-17-16-20(24(26)19-6-4-3-5-7-19)11-14-22(17)28-23(25)15-10-18-8-12-21(27-2)13-9-18/h3-9,11-14,16H,10,15H2,1-2H3. The molecule has 0 atom stereocenters. The number of ketones is 1. The zero-order valence-corrected chi connectivity index (χ0v) is 16.0. The van der Waals surface area contributed by atoms with Gasteiger partial charge in [-0.3, -0.25) is 9.59 Å². The summed E-state index contributed by atoms with van der Waals surface area (Å²) < 4.78 is 10.6. The smallest absolute Gasteiger partial charge is 0.311 e. The van der Waals surface area contributed by atoms with E-state index in [2.05, 4.69) is 0 Å². The van der Waals surface area contributed by atoms with Crippen molar-refractivity contribution in [3.8, 4) is 11.5 Å². The van der Waals surface area contributed by atoms with Crippen LogP contribution in [0.3, 0.4) is 0 Å². The molecule has 4 heteroatoms. The van der Waals surface area contributed by atoms with Gasteiger partial charge >= 0.3 is 5.97 Å². The highest BCUT2D eigenvalue weighted by Gasteiger charge is 2.13. The molecule has 28 heavy (non-hydrogen) atoms. The number of esters is 1. The van der Waals surface area contributed by atoms with Crippen molar-refractivity contribution < 1.29 is 19.1 Å². The van der Waals surface area contributed by atoms with Crippen LogP contribution in [0, 0.1) is 6.92 Å². The summed E-state index contributed by atoms with van der Waals surface area (Å²) in [6.45, 7) is 1.83. The molecular weight excluding hydrogens is 352 g/mol. The molecule has 0 aliphatic heterocycles. The Bertz CT molecular complexity index is 960. The second-order valence-corrected chi connectivity index (χ2v) is 6.50. The van der Waals surface area contributed by atoms with E-state index in [0.29, 0.717) is 23.3 Å². The molecule has 0 saturated heterocycles. The topological polar surface area (TPSA) is 52.6 Å². The lowest BCUT2D eigenvalue weighted by molar-refractivity contribution is -0.134. The SMILES string of the molecule is COc1ccc(CCC(=O)Oc2ccc(C(=O)c3ccccc3)cc2C)cc1. The number of aryl methyl sites for hydroxylation is 2. The lowest BCUT2D eigenvalue weighted by Crippen LogP contribution is -2.10. The molecule has 0 aromatic heterocycles. The van der Waals surface area contributed by atoms with Gasteiger partial charge in [-0.15, -0.1) is 0 Å². The number of hydrogen-bond acceptors (Lipinski definition) is 4. The Kier molecular flexibility index (Phi) is 6.22. The Balaban J connectivity index is 1.60. The quantitative estimate of drug-likeness (QED) is 0.339. The van der Waals surface area contributed by atoms with Crippen LogP contribution >= 0.6 is 0 Å². The van der Waals surface area contributed by atoms with E-state index < -0.39 is 0 Å². The van der Waals surface area contributed by atoms with Gasteiger partial charge in [-0.05, 0) is 54.8 Å². The van der Waals surface area contributed by atoms with Gasteiger partial charge in [-0.2, -0.15) is 0 Å². The van der Waals surface area contributed by atoms with Crippen LogP contribution in [0.2, 0.25) is 0 Å². The Labute approximate surface area is 164 Å². The second-order valence-electron chi connectivity index (χ2n) is 6.50. The third-order valence-electron chi connectivity index (χ3n) is 4.47. The summed E-state index contributed by atoms with van der Waals surface area (Å²) in [5, 5.41) is 0. The van der Waals surface area contributed by atoms with E-state index in [1.807, 2.05) is 49.4 Å². The fourth-order valence-electron chi connectivity index (χ4n) is 2.87. The third kappa shape index (κ3) is 4.86. The van der Waals surface area contributed by atoms with Gasteiger partial charge < -0.3 is 9.47 Å². The van der Waals surface area contributed by atoms with Crippen molar-refractivity contribution in [3.05, 3.63) is 95.1 Å². The van der Waals surface area contributed by atoms with E-state index >= 15 is 0 Å². The average molecular weight is 374 g/mol. The number of ether oxygens (including phenoxy) is 2. The normalized spacial score (nSPS) is 10.4. The van der Waals surface area contributed by atoms with E-state index in [1.54, 1.807) is 37.4 Å². The number of methoxy groups -OCH3 is 1. The lowest BCUT2D eigenvalue weighted by Gasteiger charge is -2.09. The third-order valence-corrected chi connectivity index (χ3v) is 4.47. The first-order valence-corrected chi connectivity index (χ1v) is 9.11. The van der Waals surface area contributed by atoms with Crippen LogP contribution in [0.4, 0.5) is 0 Å². The Morgan fingerprint density at radius 1 is 0.857 bits per heavy atom. The van der Waals surface area contributed by atoms with Crippen LogP contribution in [-0.2, 0) is 11.2 Å². The zero-order valence-electron chi connectivity index (χ0n) is 16.0. The number of carbonyl (C=O) groups is 2. The van der Waals surface area contributed by atoms with E-state index in [0.717, 1.165) is 16.9 Å². The molecular formula is C24H22O4. The summed E-state index contributed by atoms with van der Waals surface area (Å²) in [5.74, 6) is 0.901. The van der Waals surface area contributed by atoms with Gasteiger partial charge in [0.2, 0.25) is 0 Å². The molecule has 0 fully saturated rings. The molecule has 3 aromatic rings. The van der Waals surface area contributed by atoms with Gasteiger partial charge in [-0.25, -0.2) is 0 Å². The lowest BCUT2D eigenvalue weighted by atomic mass is 10.0. The summed E-state index contributed by atoms with van der Waals surface area (Å²) in [7, 11) is 1.62. The van der Waals surface area contributed by atoms with E-state index in [9.17, 15) is 9.59 Å². The van der Waals surface area contributed by atoms with Crippen LogP contribution in [0.5, 0.6) is 11.5 Å². The van der Waals surface area contributed by atoms with Crippen LogP contribution in [-0.4, -0.2) is 18.9 Å². The highest BCUT2D eigenvalue weighted by molar-refractivity contribution is 6.09. The van der Waals surface area contributed by atoms with Crippen molar-refractivity contribution in [1.29, 1.82) is 0 Å². The molecule has 3 rings (SSSR count). The molecule has 0 unspecified atom stereocenters. The summed E-state index contributed by atoms with van der Waals surface area (Å²) in [6.07, 6.45) is 0.864. The van der Waals surface area contributed by atoms with E-state index in [1.165, 1.54) is 0 Å². The molecule has 0 N–H and O–H groups in total. The fourth-order valence-corrected chi connectivity index (χ4v) is 2.87. The molecule has 3 aromatic carbocycles.